The summed E-state index contributed by atoms with van der Waals surface area (Å²) in [5.74, 6) is 1.62. The first-order chi connectivity index (χ1) is 11.6. The molecule has 1 aromatic heterocycles. The van der Waals surface area contributed by atoms with Gasteiger partial charge in [0.25, 0.3) is 0 Å². The average Bonchev–Trinajstić information content (AvgIpc) is 3.05. The van der Waals surface area contributed by atoms with E-state index in [0.717, 1.165) is 22.5 Å². The molecule has 0 spiro atoms. The van der Waals surface area contributed by atoms with Crippen LogP contribution in [0.4, 0.5) is 5.13 Å². The quantitative estimate of drug-likeness (QED) is 0.279. The predicted octanol–water partition coefficient (Wildman–Crippen LogP) is 2.88. The molecule has 1 heterocycles. The standard InChI is InChI=1S/C17H25N5OS.HI/c1-13-5-7-15(8-6-13)23-10-9-19-16(18-2)20-11-14-12-24-17(21-14)22(3)4;/h5-8,12H,9-11H2,1-4H3,(H2,18,19,20);1H. The van der Waals surface area contributed by atoms with E-state index < -0.39 is 0 Å². The number of hydrogen-bond donors (Lipinski definition) is 2. The maximum atomic E-state index is 5.69. The number of aromatic nitrogens is 1. The summed E-state index contributed by atoms with van der Waals surface area (Å²) in [6, 6.07) is 8.04. The number of nitrogens with one attached hydrogen (secondary N) is 2. The molecule has 0 saturated heterocycles. The summed E-state index contributed by atoms with van der Waals surface area (Å²) >= 11 is 1.63. The van der Waals surface area contributed by atoms with Crippen molar-refractivity contribution in [2.75, 3.05) is 39.2 Å². The van der Waals surface area contributed by atoms with Gasteiger partial charge in [0.2, 0.25) is 0 Å². The Morgan fingerprint density at radius 3 is 2.56 bits per heavy atom. The van der Waals surface area contributed by atoms with E-state index >= 15 is 0 Å². The van der Waals surface area contributed by atoms with Crippen LogP contribution in [0.1, 0.15) is 11.3 Å². The first-order valence-corrected chi connectivity index (χ1v) is 8.72. The summed E-state index contributed by atoms with van der Waals surface area (Å²) in [5, 5.41) is 9.54. The van der Waals surface area contributed by atoms with Crippen molar-refractivity contribution in [1.82, 2.24) is 15.6 Å². The van der Waals surface area contributed by atoms with Gasteiger partial charge in [0.15, 0.2) is 11.1 Å². The summed E-state index contributed by atoms with van der Waals surface area (Å²) < 4.78 is 5.69. The number of ether oxygens (including phenoxy) is 1. The summed E-state index contributed by atoms with van der Waals surface area (Å²) in [5.41, 5.74) is 2.23. The maximum Gasteiger partial charge on any atom is 0.191 e. The van der Waals surface area contributed by atoms with E-state index in [0.29, 0.717) is 19.7 Å². The number of thiazole rings is 1. The van der Waals surface area contributed by atoms with Crippen molar-refractivity contribution in [3.05, 3.63) is 40.9 Å². The number of aryl methyl sites for hydroxylation is 1. The summed E-state index contributed by atoms with van der Waals surface area (Å²) in [7, 11) is 5.73. The Morgan fingerprint density at radius 1 is 1.24 bits per heavy atom. The van der Waals surface area contributed by atoms with Gasteiger partial charge in [-0.05, 0) is 19.1 Å². The molecule has 0 aliphatic heterocycles. The number of benzene rings is 1. The first-order valence-electron chi connectivity index (χ1n) is 7.84. The Morgan fingerprint density at radius 2 is 1.96 bits per heavy atom. The molecule has 0 aliphatic carbocycles. The highest BCUT2D eigenvalue weighted by Gasteiger charge is 2.04. The Hall–Kier alpha value is -1.55. The van der Waals surface area contributed by atoms with Crippen LogP contribution in [0.2, 0.25) is 0 Å². The molecule has 2 N–H and O–H groups in total. The Kier molecular flexibility index (Phi) is 9.58. The molecule has 6 nitrogen and oxygen atoms in total. The van der Waals surface area contributed by atoms with Crippen LogP contribution in [-0.2, 0) is 6.54 Å². The van der Waals surface area contributed by atoms with Crippen LogP contribution in [0.5, 0.6) is 5.75 Å². The molecule has 0 bridgehead atoms. The highest BCUT2D eigenvalue weighted by atomic mass is 127. The van der Waals surface area contributed by atoms with Crippen LogP contribution < -0.4 is 20.3 Å². The van der Waals surface area contributed by atoms with Gasteiger partial charge in [-0.25, -0.2) is 4.98 Å². The van der Waals surface area contributed by atoms with E-state index in [1.54, 1.807) is 18.4 Å². The van der Waals surface area contributed by atoms with Crippen LogP contribution in [0, 0.1) is 6.92 Å². The second-order valence-corrected chi connectivity index (χ2v) is 6.37. The molecular weight excluding hydrogens is 449 g/mol. The summed E-state index contributed by atoms with van der Waals surface area (Å²) in [4.78, 5) is 10.7. The highest BCUT2D eigenvalue weighted by molar-refractivity contribution is 14.0. The van der Waals surface area contributed by atoms with E-state index in [4.69, 9.17) is 4.74 Å². The van der Waals surface area contributed by atoms with E-state index in [1.165, 1.54) is 5.56 Å². The molecular formula is C17H26IN5OS. The fourth-order valence-corrected chi connectivity index (χ4v) is 2.71. The van der Waals surface area contributed by atoms with Crippen molar-refractivity contribution in [1.29, 1.82) is 0 Å². The zero-order valence-corrected chi connectivity index (χ0v) is 18.2. The number of aliphatic imine (C=N–C) groups is 1. The molecule has 25 heavy (non-hydrogen) atoms. The molecule has 0 aliphatic rings. The van der Waals surface area contributed by atoms with Gasteiger partial charge in [0.1, 0.15) is 12.4 Å². The molecule has 2 aromatic rings. The molecule has 0 amide bonds. The molecule has 8 heteroatoms. The van der Waals surface area contributed by atoms with E-state index in [-0.39, 0.29) is 24.0 Å². The van der Waals surface area contributed by atoms with Crippen LogP contribution in [0.25, 0.3) is 0 Å². The number of rotatable bonds is 7. The fraction of sp³-hybridized carbons (Fsp3) is 0.412. The van der Waals surface area contributed by atoms with Gasteiger partial charge in [0.05, 0.1) is 18.8 Å². The predicted molar refractivity (Wildman–Crippen MR) is 117 cm³/mol. The lowest BCUT2D eigenvalue weighted by Gasteiger charge is -2.12. The summed E-state index contributed by atoms with van der Waals surface area (Å²) in [6.07, 6.45) is 0. The Bertz CT molecular complexity index is 657. The van der Waals surface area contributed by atoms with Crippen molar-refractivity contribution in [3.63, 3.8) is 0 Å². The number of hydrogen-bond acceptors (Lipinski definition) is 5. The molecule has 0 radical (unpaired) electrons. The van der Waals surface area contributed by atoms with Crippen LogP contribution in [0.3, 0.4) is 0 Å². The Labute approximate surface area is 170 Å². The molecule has 1 aromatic carbocycles. The third kappa shape index (κ3) is 7.47. The van der Waals surface area contributed by atoms with Crippen molar-refractivity contribution < 1.29 is 4.74 Å². The lowest BCUT2D eigenvalue weighted by atomic mass is 10.2. The van der Waals surface area contributed by atoms with E-state index in [9.17, 15) is 0 Å². The van der Waals surface area contributed by atoms with Gasteiger partial charge in [-0.15, -0.1) is 35.3 Å². The van der Waals surface area contributed by atoms with E-state index in [2.05, 4.69) is 32.9 Å². The minimum atomic E-state index is 0. The zero-order valence-electron chi connectivity index (χ0n) is 15.1. The number of anilines is 1. The highest BCUT2D eigenvalue weighted by Crippen LogP contribution is 2.17. The average molecular weight is 475 g/mol. The molecule has 138 valence electrons. The minimum absolute atomic E-state index is 0. The second kappa shape index (κ2) is 11.1. The van der Waals surface area contributed by atoms with E-state index in [1.807, 2.05) is 43.3 Å². The number of halogens is 1. The third-order valence-electron chi connectivity index (χ3n) is 3.27. The fourth-order valence-electron chi connectivity index (χ4n) is 1.95. The third-order valence-corrected chi connectivity index (χ3v) is 4.32. The number of guanidine groups is 1. The normalized spacial score (nSPS) is 10.8. The van der Waals surface area contributed by atoms with Gasteiger partial charge in [-0.3, -0.25) is 4.99 Å². The van der Waals surface area contributed by atoms with Crippen molar-refractivity contribution in [3.8, 4) is 5.75 Å². The molecule has 0 unspecified atom stereocenters. The van der Waals surface area contributed by atoms with Crippen molar-refractivity contribution in [2.24, 2.45) is 4.99 Å². The smallest absolute Gasteiger partial charge is 0.191 e. The molecule has 0 fully saturated rings. The van der Waals surface area contributed by atoms with Crippen LogP contribution >= 0.6 is 35.3 Å². The molecule has 0 atom stereocenters. The zero-order chi connectivity index (χ0) is 17.4. The monoisotopic (exact) mass is 475 g/mol. The first kappa shape index (κ1) is 21.5. The van der Waals surface area contributed by atoms with Crippen LogP contribution in [0.15, 0.2) is 34.6 Å². The number of nitrogens with zero attached hydrogens (tertiary/aromatic N) is 3. The largest absolute Gasteiger partial charge is 0.492 e. The minimum Gasteiger partial charge on any atom is -0.492 e. The SMILES string of the molecule is CN=C(NCCOc1ccc(C)cc1)NCc1csc(N(C)C)n1.I. The molecule has 2 rings (SSSR count). The lowest BCUT2D eigenvalue weighted by Crippen LogP contribution is -2.38. The lowest BCUT2D eigenvalue weighted by molar-refractivity contribution is 0.322. The Balaban J connectivity index is 0.00000312. The second-order valence-electron chi connectivity index (χ2n) is 5.53. The van der Waals surface area contributed by atoms with Crippen molar-refractivity contribution in [2.45, 2.75) is 13.5 Å². The molecule has 0 saturated carbocycles. The van der Waals surface area contributed by atoms with Gasteiger partial charge in [0, 0.05) is 26.5 Å². The van der Waals surface area contributed by atoms with Gasteiger partial charge < -0.3 is 20.3 Å². The van der Waals surface area contributed by atoms with Crippen LogP contribution in [-0.4, -0.2) is 45.2 Å². The van der Waals surface area contributed by atoms with Gasteiger partial charge in [-0.2, -0.15) is 0 Å². The topological polar surface area (TPSA) is 61.8 Å². The maximum absolute atomic E-state index is 5.69. The van der Waals surface area contributed by atoms with Gasteiger partial charge >= 0.3 is 0 Å². The van der Waals surface area contributed by atoms with Gasteiger partial charge in [-0.1, -0.05) is 17.7 Å². The summed E-state index contributed by atoms with van der Waals surface area (Å²) in [6.45, 7) is 3.95. The van der Waals surface area contributed by atoms with Crippen molar-refractivity contribution >= 4 is 46.4 Å².